The summed E-state index contributed by atoms with van der Waals surface area (Å²) in [7, 11) is -4.03. The van der Waals surface area contributed by atoms with Gasteiger partial charge in [0.15, 0.2) is 0 Å². The van der Waals surface area contributed by atoms with Crippen LogP contribution in [0.15, 0.2) is 23.1 Å². The third-order valence-electron chi connectivity index (χ3n) is 2.16. The van der Waals surface area contributed by atoms with Crippen molar-refractivity contribution in [2.45, 2.75) is 30.4 Å². The molecule has 1 rings (SSSR count). The fourth-order valence-corrected chi connectivity index (χ4v) is 2.63. The molecule has 0 atom stereocenters. The number of sulfonamides is 1. The van der Waals surface area contributed by atoms with Crippen LogP contribution in [0, 0.1) is 5.82 Å². The smallest absolute Gasteiger partial charge is 0.240 e. The van der Waals surface area contributed by atoms with Crippen molar-refractivity contribution in [1.82, 2.24) is 0 Å². The van der Waals surface area contributed by atoms with E-state index in [0.29, 0.717) is 0 Å². The molecule has 0 heterocycles. The fraction of sp³-hybridized carbons (Fsp3) is 0.417. The van der Waals surface area contributed by atoms with Gasteiger partial charge in [0, 0.05) is 4.75 Å². The van der Waals surface area contributed by atoms with Crippen LogP contribution in [-0.2, 0) is 14.8 Å². The molecule has 0 saturated heterocycles. The number of hydrogen-bond acceptors (Lipinski definition) is 4. The second-order valence-corrected chi connectivity index (χ2v) is 8.47. The highest BCUT2D eigenvalue weighted by Crippen LogP contribution is 2.25. The molecular formula is C12H17FN2O3S2. The first-order valence-corrected chi connectivity index (χ1v) is 8.28. The second kappa shape index (κ2) is 6.11. The zero-order valence-electron chi connectivity index (χ0n) is 11.4. The van der Waals surface area contributed by atoms with E-state index in [-0.39, 0.29) is 21.1 Å². The van der Waals surface area contributed by atoms with Gasteiger partial charge in [-0.1, -0.05) is 20.8 Å². The maximum atomic E-state index is 13.2. The third-order valence-corrected chi connectivity index (χ3v) is 4.40. The lowest BCUT2D eigenvalue weighted by Crippen LogP contribution is -2.21. The van der Waals surface area contributed by atoms with Crippen molar-refractivity contribution in [3.05, 3.63) is 24.0 Å². The molecule has 0 spiro atoms. The van der Waals surface area contributed by atoms with E-state index in [9.17, 15) is 17.6 Å². The molecule has 20 heavy (non-hydrogen) atoms. The topological polar surface area (TPSA) is 89.3 Å². The predicted octanol–water partition coefficient (Wildman–Crippen LogP) is 1.94. The molecule has 3 N–H and O–H groups in total. The Morgan fingerprint density at radius 2 is 2.00 bits per heavy atom. The van der Waals surface area contributed by atoms with Crippen molar-refractivity contribution in [2.24, 2.45) is 5.14 Å². The highest BCUT2D eigenvalue weighted by Gasteiger charge is 2.18. The molecule has 0 aliphatic carbocycles. The molecule has 0 radical (unpaired) electrons. The van der Waals surface area contributed by atoms with Crippen molar-refractivity contribution in [3.63, 3.8) is 0 Å². The number of amides is 1. The Hall–Kier alpha value is -1.12. The molecule has 0 aliphatic heterocycles. The van der Waals surface area contributed by atoms with Crippen molar-refractivity contribution in [1.29, 1.82) is 0 Å². The normalized spacial score (nSPS) is 12.2. The Balaban J connectivity index is 2.92. The maximum absolute atomic E-state index is 13.2. The Morgan fingerprint density at radius 3 is 2.50 bits per heavy atom. The van der Waals surface area contributed by atoms with E-state index in [4.69, 9.17) is 5.14 Å². The fourth-order valence-electron chi connectivity index (χ4n) is 1.32. The molecule has 0 bridgehead atoms. The minimum Gasteiger partial charge on any atom is -0.324 e. The highest BCUT2D eigenvalue weighted by atomic mass is 32.2. The van der Waals surface area contributed by atoms with Crippen LogP contribution in [0.4, 0.5) is 10.1 Å². The average Bonchev–Trinajstić information content (AvgIpc) is 2.23. The molecule has 0 saturated carbocycles. The summed E-state index contributed by atoms with van der Waals surface area (Å²) < 4.78 is 35.8. The first-order valence-electron chi connectivity index (χ1n) is 5.75. The number of carbonyl (C=O) groups excluding carboxylic acids is 1. The van der Waals surface area contributed by atoms with E-state index in [2.05, 4.69) is 5.32 Å². The Kier molecular flexibility index (Phi) is 5.17. The summed E-state index contributed by atoms with van der Waals surface area (Å²) in [5, 5.41) is 7.39. The predicted molar refractivity (Wildman–Crippen MR) is 78.6 cm³/mol. The summed E-state index contributed by atoms with van der Waals surface area (Å²) in [6.07, 6.45) is 0. The van der Waals surface area contributed by atoms with Gasteiger partial charge in [-0.05, 0) is 18.2 Å². The molecule has 0 aliphatic rings. The average molecular weight is 320 g/mol. The van der Waals surface area contributed by atoms with Crippen LogP contribution in [0.5, 0.6) is 0 Å². The summed E-state index contributed by atoms with van der Waals surface area (Å²) in [5.74, 6) is -0.944. The van der Waals surface area contributed by atoms with Gasteiger partial charge in [0.05, 0.1) is 11.4 Å². The Bertz CT molecular complexity index is 610. The van der Waals surface area contributed by atoms with E-state index in [0.717, 1.165) is 18.2 Å². The molecule has 1 amide bonds. The van der Waals surface area contributed by atoms with E-state index >= 15 is 0 Å². The van der Waals surface area contributed by atoms with Crippen LogP contribution in [-0.4, -0.2) is 24.8 Å². The highest BCUT2D eigenvalue weighted by molar-refractivity contribution is 8.01. The van der Waals surface area contributed by atoms with E-state index in [1.54, 1.807) is 0 Å². The van der Waals surface area contributed by atoms with Crippen LogP contribution in [0.25, 0.3) is 0 Å². The van der Waals surface area contributed by atoms with Gasteiger partial charge in [0.1, 0.15) is 10.7 Å². The maximum Gasteiger partial charge on any atom is 0.240 e. The summed E-state index contributed by atoms with van der Waals surface area (Å²) in [6.45, 7) is 5.84. The monoisotopic (exact) mass is 320 g/mol. The summed E-state index contributed by atoms with van der Waals surface area (Å²) in [6, 6.07) is 2.93. The number of nitrogens with one attached hydrogen (secondary N) is 1. The molecule has 0 aromatic heterocycles. The van der Waals surface area contributed by atoms with Crippen LogP contribution in [0.2, 0.25) is 0 Å². The SMILES string of the molecule is CC(C)(C)SCC(=O)Nc1cc(F)ccc1S(N)(=O)=O. The summed E-state index contributed by atoms with van der Waals surface area (Å²) in [5.41, 5.74) is -0.146. The quantitative estimate of drug-likeness (QED) is 0.887. The number of halogens is 1. The van der Waals surface area contributed by atoms with Gasteiger partial charge in [-0.25, -0.2) is 17.9 Å². The Labute approximate surface area is 122 Å². The molecule has 8 heteroatoms. The van der Waals surface area contributed by atoms with Gasteiger partial charge >= 0.3 is 0 Å². The zero-order valence-corrected chi connectivity index (χ0v) is 13.1. The van der Waals surface area contributed by atoms with Gasteiger partial charge in [-0.2, -0.15) is 0 Å². The number of primary sulfonamides is 1. The lowest BCUT2D eigenvalue weighted by molar-refractivity contribution is -0.113. The van der Waals surface area contributed by atoms with E-state index in [1.165, 1.54) is 11.8 Å². The number of thioether (sulfide) groups is 1. The molecule has 5 nitrogen and oxygen atoms in total. The van der Waals surface area contributed by atoms with Gasteiger partial charge < -0.3 is 5.32 Å². The Morgan fingerprint density at radius 1 is 1.40 bits per heavy atom. The second-order valence-electron chi connectivity index (χ2n) is 5.13. The molecule has 112 valence electrons. The standard InChI is InChI=1S/C12H17FN2O3S2/c1-12(2,3)19-7-11(16)15-9-6-8(13)4-5-10(9)20(14,17)18/h4-6H,7H2,1-3H3,(H,15,16)(H2,14,17,18). The lowest BCUT2D eigenvalue weighted by atomic mass is 10.3. The van der Waals surface area contributed by atoms with Crippen molar-refractivity contribution in [3.8, 4) is 0 Å². The minimum atomic E-state index is -4.03. The van der Waals surface area contributed by atoms with Crippen molar-refractivity contribution >= 4 is 33.4 Å². The molecule has 0 unspecified atom stereocenters. The van der Waals surface area contributed by atoms with Crippen molar-refractivity contribution in [2.75, 3.05) is 11.1 Å². The molecule has 0 fully saturated rings. The number of anilines is 1. The number of nitrogens with two attached hydrogens (primary N) is 1. The zero-order chi connectivity index (χ0) is 15.6. The van der Waals surface area contributed by atoms with Crippen LogP contribution >= 0.6 is 11.8 Å². The van der Waals surface area contributed by atoms with E-state index < -0.39 is 21.7 Å². The molecular weight excluding hydrogens is 303 g/mol. The third kappa shape index (κ3) is 5.48. The number of rotatable bonds is 4. The van der Waals surface area contributed by atoms with Gasteiger partial charge in [-0.3, -0.25) is 4.79 Å². The number of hydrogen-bond donors (Lipinski definition) is 2. The largest absolute Gasteiger partial charge is 0.324 e. The first kappa shape index (κ1) is 16.9. The summed E-state index contributed by atoms with van der Waals surface area (Å²) in [4.78, 5) is 11.4. The van der Waals surface area contributed by atoms with Gasteiger partial charge in [-0.15, -0.1) is 11.8 Å². The summed E-state index contributed by atoms with van der Waals surface area (Å²) >= 11 is 1.39. The lowest BCUT2D eigenvalue weighted by Gasteiger charge is -2.17. The molecule has 1 aromatic rings. The van der Waals surface area contributed by atoms with E-state index in [1.807, 2.05) is 20.8 Å². The minimum absolute atomic E-state index is 0.109. The van der Waals surface area contributed by atoms with Crippen LogP contribution in [0.3, 0.4) is 0 Å². The first-order chi connectivity index (χ1) is 8.99. The van der Waals surface area contributed by atoms with Gasteiger partial charge in [0.2, 0.25) is 15.9 Å². The molecule has 1 aromatic carbocycles. The number of carbonyl (C=O) groups is 1. The van der Waals surface area contributed by atoms with Crippen molar-refractivity contribution < 1.29 is 17.6 Å². The van der Waals surface area contributed by atoms with Crippen LogP contribution < -0.4 is 10.5 Å². The van der Waals surface area contributed by atoms with Crippen LogP contribution in [0.1, 0.15) is 20.8 Å². The number of benzene rings is 1. The van der Waals surface area contributed by atoms with Gasteiger partial charge in [0.25, 0.3) is 0 Å².